The first-order valence-electron chi connectivity index (χ1n) is 5.14. The first-order chi connectivity index (χ1) is 7.11. The predicted octanol–water partition coefficient (Wildman–Crippen LogP) is -0.265. The minimum absolute atomic E-state index is 0.00332. The van der Waals surface area contributed by atoms with E-state index in [0.717, 1.165) is 0 Å². The zero-order valence-corrected chi connectivity index (χ0v) is 9.19. The molecule has 0 spiro atoms. The summed E-state index contributed by atoms with van der Waals surface area (Å²) >= 11 is 0. The maximum atomic E-state index is 11.4. The van der Waals surface area contributed by atoms with E-state index in [1.54, 1.807) is 0 Å². The van der Waals surface area contributed by atoms with Gasteiger partial charge in [-0.25, -0.2) is 0 Å². The fourth-order valence-electron chi connectivity index (χ4n) is 1.49. The standard InChI is InChI=1S/C10H17N3O2/c1-8(2)12-10(14)7-13-3-4-15-9(5-11)6-13/h8-9H,3-4,6-7H2,1-2H3,(H,12,14). The number of hydrogen-bond donors (Lipinski definition) is 1. The smallest absolute Gasteiger partial charge is 0.234 e. The minimum Gasteiger partial charge on any atom is -0.361 e. The molecule has 0 aromatic heterocycles. The molecule has 0 bridgehead atoms. The highest BCUT2D eigenvalue weighted by atomic mass is 16.5. The normalized spacial score (nSPS) is 22.4. The van der Waals surface area contributed by atoms with E-state index < -0.39 is 6.10 Å². The number of carbonyl (C=O) groups is 1. The Morgan fingerprint density at radius 3 is 3.07 bits per heavy atom. The first-order valence-corrected chi connectivity index (χ1v) is 5.14. The summed E-state index contributed by atoms with van der Waals surface area (Å²) in [4.78, 5) is 13.4. The van der Waals surface area contributed by atoms with Gasteiger partial charge in [0, 0.05) is 19.1 Å². The summed E-state index contributed by atoms with van der Waals surface area (Å²) in [5.74, 6) is 0.00332. The average Bonchev–Trinajstić information content (AvgIpc) is 2.16. The molecule has 1 amide bonds. The summed E-state index contributed by atoms with van der Waals surface area (Å²) in [7, 11) is 0. The number of hydrogen-bond acceptors (Lipinski definition) is 4. The SMILES string of the molecule is CC(C)NC(=O)CN1CCOC(C#N)C1. The van der Waals surface area contributed by atoms with Crippen LogP contribution in [0.15, 0.2) is 0 Å². The molecule has 5 nitrogen and oxygen atoms in total. The highest BCUT2D eigenvalue weighted by Gasteiger charge is 2.21. The lowest BCUT2D eigenvalue weighted by Crippen LogP contribution is -2.47. The topological polar surface area (TPSA) is 65.4 Å². The average molecular weight is 211 g/mol. The maximum absolute atomic E-state index is 11.4. The fourth-order valence-corrected chi connectivity index (χ4v) is 1.49. The lowest BCUT2D eigenvalue weighted by molar-refractivity contribution is -0.124. The van der Waals surface area contributed by atoms with Crippen LogP contribution in [0, 0.1) is 11.3 Å². The number of rotatable bonds is 3. The molecule has 0 aromatic carbocycles. The van der Waals surface area contributed by atoms with E-state index in [-0.39, 0.29) is 11.9 Å². The maximum Gasteiger partial charge on any atom is 0.234 e. The van der Waals surface area contributed by atoms with Gasteiger partial charge in [0.05, 0.1) is 19.2 Å². The van der Waals surface area contributed by atoms with Crippen molar-refractivity contribution in [3.8, 4) is 6.07 Å². The molecular formula is C10H17N3O2. The molecule has 1 aliphatic rings. The fraction of sp³-hybridized carbons (Fsp3) is 0.800. The Balaban J connectivity index is 2.32. The van der Waals surface area contributed by atoms with Crippen molar-refractivity contribution < 1.29 is 9.53 Å². The van der Waals surface area contributed by atoms with Gasteiger partial charge in [-0.1, -0.05) is 0 Å². The Morgan fingerprint density at radius 1 is 1.73 bits per heavy atom. The monoisotopic (exact) mass is 211 g/mol. The summed E-state index contributed by atoms with van der Waals surface area (Å²) in [6, 6.07) is 2.21. The summed E-state index contributed by atoms with van der Waals surface area (Å²) in [5, 5.41) is 11.5. The van der Waals surface area contributed by atoms with Crippen LogP contribution in [0.25, 0.3) is 0 Å². The minimum atomic E-state index is -0.398. The number of carbonyl (C=O) groups excluding carboxylic acids is 1. The molecule has 1 saturated heterocycles. The summed E-state index contributed by atoms with van der Waals surface area (Å²) in [6.07, 6.45) is -0.398. The second kappa shape index (κ2) is 5.69. The summed E-state index contributed by atoms with van der Waals surface area (Å²) < 4.78 is 5.19. The van der Waals surface area contributed by atoms with Crippen molar-refractivity contribution in [2.24, 2.45) is 0 Å². The van der Waals surface area contributed by atoms with Crippen LogP contribution >= 0.6 is 0 Å². The molecule has 84 valence electrons. The van der Waals surface area contributed by atoms with E-state index in [1.165, 1.54) is 0 Å². The van der Waals surface area contributed by atoms with Gasteiger partial charge < -0.3 is 10.1 Å². The van der Waals surface area contributed by atoms with Gasteiger partial charge in [0.2, 0.25) is 5.91 Å². The van der Waals surface area contributed by atoms with E-state index in [2.05, 4.69) is 11.4 Å². The highest BCUT2D eigenvalue weighted by molar-refractivity contribution is 5.78. The van der Waals surface area contributed by atoms with Crippen LogP contribution < -0.4 is 5.32 Å². The number of ether oxygens (including phenoxy) is 1. The van der Waals surface area contributed by atoms with E-state index >= 15 is 0 Å². The zero-order chi connectivity index (χ0) is 11.3. The van der Waals surface area contributed by atoms with Gasteiger partial charge in [-0.05, 0) is 13.8 Å². The van der Waals surface area contributed by atoms with Gasteiger partial charge in [-0.2, -0.15) is 5.26 Å². The van der Waals surface area contributed by atoms with Gasteiger partial charge in [-0.15, -0.1) is 0 Å². The molecule has 0 saturated carbocycles. The Morgan fingerprint density at radius 2 is 2.47 bits per heavy atom. The zero-order valence-electron chi connectivity index (χ0n) is 9.19. The first kappa shape index (κ1) is 12.0. The number of amides is 1. The number of nitrogens with zero attached hydrogens (tertiary/aromatic N) is 2. The molecule has 0 radical (unpaired) electrons. The molecule has 0 aromatic rings. The van der Waals surface area contributed by atoms with Crippen molar-refractivity contribution in [1.29, 1.82) is 5.26 Å². The van der Waals surface area contributed by atoms with Crippen LogP contribution in [0.4, 0.5) is 0 Å². The van der Waals surface area contributed by atoms with E-state index in [0.29, 0.717) is 26.2 Å². The summed E-state index contributed by atoms with van der Waals surface area (Å²) in [5.41, 5.74) is 0. The molecule has 15 heavy (non-hydrogen) atoms. The van der Waals surface area contributed by atoms with Gasteiger partial charge in [0.15, 0.2) is 6.10 Å². The third-order valence-electron chi connectivity index (χ3n) is 2.11. The summed E-state index contributed by atoms with van der Waals surface area (Å²) in [6.45, 7) is 5.95. The molecule has 1 fully saturated rings. The van der Waals surface area contributed by atoms with E-state index in [4.69, 9.17) is 10.00 Å². The second-order valence-electron chi connectivity index (χ2n) is 3.95. The van der Waals surface area contributed by atoms with Crippen LogP contribution in [0.3, 0.4) is 0 Å². The Kier molecular flexibility index (Phi) is 4.53. The van der Waals surface area contributed by atoms with Crippen LogP contribution in [0.1, 0.15) is 13.8 Å². The number of nitriles is 1. The lowest BCUT2D eigenvalue weighted by Gasteiger charge is -2.29. The van der Waals surface area contributed by atoms with Crippen molar-refractivity contribution in [3.05, 3.63) is 0 Å². The third kappa shape index (κ3) is 4.28. The molecule has 1 heterocycles. The Bertz CT molecular complexity index is 260. The van der Waals surface area contributed by atoms with Crippen LogP contribution in [0.5, 0.6) is 0 Å². The predicted molar refractivity (Wildman–Crippen MR) is 55.1 cm³/mol. The van der Waals surface area contributed by atoms with Crippen LogP contribution in [0.2, 0.25) is 0 Å². The van der Waals surface area contributed by atoms with Gasteiger partial charge in [-0.3, -0.25) is 9.69 Å². The Hall–Kier alpha value is -1.12. The number of morpholine rings is 1. The van der Waals surface area contributed by atoms with Crippen molar-refractivity contribution in [1.82, 2.24) is 10.2 Å². The quantitative estimate of drug-likeness (QED) is 0.698. The molecule has 5 heteroatoms. The van der Waals surface area contributed by atoms with E-state index in [9.17, 15) is 4.79 Å². The Labute approximate surface area is 90.0 Å². The van der Waals surface area contributed by atoms with Gasteiger partial charge in [0.1, 0.15) is 0 Å². The van der Waals surface area contributed by atoms with Crippen molar-refractivity contribution in [2.75, 3.05) is 26.2 Å². The van der Waals surface area contributed by atoms with Gasteiger partial charge >= 0.3 is 0 Å². The van der Waals surface area contributed by atoms with E-state index in [1.807, 2.05) is 18.7 Å². The lowest BCUT2D eigenvalue weighted by atomic mass is 10.3. The van der Waals surface area contributed by atoms with Crippen LogP contribution in [-0.2, 0) is 9.53 Å². The third-order valence-corrected chi connectivity index (χ3v) is 2.11. The molecule has 1 N–H and O–H groups in total. The van der Waals surface area contributed by atoms with Crippen molar-refractivity contribution in [2.45, 2.75) is 26.0 Å². The molecule has 1 rings (SSSR count). The molecule has 1 aliphatic heterocycles. The largest absolute Gasteiger partial charge is 0.361 e. The van der Waals surface area contributed by atoms with Crippen molar-refractivity contribution in [3.63, 3.8) is 0 Å². The van der Waals surface area contributed by atoms with Crippen LogP contribution in [-0.4, -0.2) is 49.2 Å². The highest BCUT2D eigenvalue weighted by Crippen LogP contribution is 2.03. The molecule has 1 atom stereocenters. The number of nitrogens with one attached hydrogen (secondary N) is 1. The molecule has 1 unspecified atom stereocenters. The molecular weight excluding hydrogens is 194 g/mol. The van der Waals surface area contributed by atoms with Gasteiger partial charge in [0.25, 0.3) is 0 Å². The second-order valence-corrected chi connectivity index (χ2v) is 3.95. The molecule has 0 aliphatic carbocycles. The van der Waals surface area contributed by atoms with Crippen molar-refractivity contribution >= 4 is 5.91 Å².